The van der Waals surface area contributed by atoms with Crippen molar-refractivity contribution in [2.45, 2.75) is 71.6 Å². The SMILES string of the molecule is CC1(C)CCC(c2ccc3c(c2)cc2c4c(nccc43)-c3cc4ccccc4c(C(C)(C)C)c3O2)CC1. The summed E-state index contributed by atoms with van der Waals surface area (Å²) < 4.78 is 6.90. The minimum atomic E-state index is -0.0743. The van der Waals surface area contributed by atoms with Gasteiger partial charge in [-0.15, -0.1) is 0 Å². The summed E-state index contributed by atoms with van der Waals surface area (Å²) in [5, 5.41) is 7.40. The highest BCUT2D eigenvalue weighted by molar-refractivity contribution is 6.16. The van der Waals surface area contributed by atoms with Crippen LogP contribution >= 0.6 is 0 Å². The van der Waals surface area contributed by atoms with Crippen LogP contribution in [0.2, 0.25) is 0 Å². The summed E-state index contributed by atoms with van der Waals surface area (Å²) in [4.78, 5) is 4.94. The fourth-order valence-electron chi connectivity index (χ4n) is 6.83. The topological polar surface area (TPSA) is 22.1 Å². The number of rotatable bonds is 1. The molecule has 4 aromatic carbocycles. The molecule has 2 heteroatoms. The van der Waals surface area contributed by atoms with Gasteiger partial charge in [0.1, 0.15) is 11.5 Å². The average molecular weight is 486 g/mol. The molecule has 1 aliphatic carbocycles. The van der Waals surface area contributed by atoms with Gasteiger partial charge in [-0.25, -0.2) is 0 Å². The van der Waals surface area contributed by atoms with E-state index < -0.39 is 0 Å². The van der Waals surface area contributed by atoms with Gasteiger partial charge in [0.15, 0.2) is 0 Å². The van der Waals surface area contributed by atoms with Crippen LogP contribution in [-0.4, -0.2) is 4.98 Å². The summed E-state index contributed by atoms with van der Waals surface area (Å²) in [6, 6.07) is 22.5. The number of ether oxygens (including phenoxy) is 1. The van der Waals surface area contributed by atoms with Gasteiger partial charge in [-0.2, -0.15) is 0 Å². The number of hydrogen-bond acceptors (Lipinski definition) is 2. The second kappa shape index (κ2) is 7.81. The summed E-state index contributed by atoms with van der Waals surface area (Å²) in [6.45, 7) is 11.7. The molecular formula is C35H35NO. The highest BCUT2D eigenvalue weighted by Gasteiger charge is 2.31. The van der Waals surface area contributed by atoms with Crippen molar-refractivity contribution < 1.29 is 4.74 Å². The third-order valence-electron chi connectivity index (χ3n) is 8.88. The zero-order chi connectivity index (χ0) is 25.5. The molecule has 7 rings (SSSR count). The Hall–Kier alpha value is -3.39. The highest BCUT2D eigenvalue weighted by Crippen LogP contribution is 2.53. The number of fused-ring (bicyclic) bond motifs is 5. The van der Waals surface area contributed by atoms with E-state index in [1.54, 1.807) is 0 Å². The third kappa shape index (κ3) is 3.56. The van der Waals surface area contributed by atoms with Crippen molar-refractivity contribution in [2.24, 2.45) is 5.41 Å². The normalized spacial score (nSPS) is 17.2. The van der Waals surface area contributed by atoms with Gasteiger partial charge in [0.2, 0.25) is 0 Å². The standard InChI is InChI=1S/C35H35NO/c1-34(2,3)31-26-9-7-6-8-23(26)19-28-32-30-27(14-17-36-32)25-11-10-22(21-12-15-35(4,5)16-13-21)18-24(25)20-29(30)37-33(28)31/h6-11,14,17-21H,12-13,15-16H2,1-5H3. The number of hydrogen-bond donors (Lipinski definition) is 0. The van der Waals surface area contributed by atoms with Crippen molar-refractivity contribution in [3.8, 4) is 22.8 Å². The van der Waals surface area contributed by atoms with Crippen LogP contribution in [0.15, 0.2) is 66.9 Å². The van der Waals surface area contributed by atoms with Gasteiger partial charge in [-0.3, -0.25) is 4.98 Å². The highest BCUT2D eigenvalue weighted by atomic mass is 16.5. The Labute approximate surface area is 219 Å². The molecule has 1 aliphatic heterocycles. The Bertz CT molecular complexity index is 1710. The molecule has 2 nitrogen and oxygen atoms in total. The molecule has 5 aromatic rings. The lowest BCUT2D eigenvalue weighted by atomic mass is 9.71. The van der Waals surface area contributed by atoms with Crippen molar-refractivity contribution in [1.82, 2.24) is 4.98 Å². The van der Waals surface area contributed by atoms with Gasteiger partial charge in [0, 0.05) is 17.3 Å². The van der Waals surface area contributed by atoms with Gasteiger partial charge < -0.3 is 4.74 Å². The van der Waals surface area contributed by atoms with Crippen LogP contribution in [-0.2, 0) is 5.41 Å². The first-order valence-electron chi connectivity index (χ1n) is 13.8. The first-order valence-corrected chi connectivity index (χ1v) is 13.8. The molecule has 0 atom stereocenters. The van der Waals surface area contributed by atoms with Gasteiger partial charge in [-0.1, -0.05) is 77.1 Å². The second-order valence-corrected chi connectivity index (χ2v) is 13.1. The maximum Gasteiger partial charge on any atom is 0.141 e. The van der Waals surface area contributed by atoms with E-state index in [0.717, 1.165) is 28.1 Å². The Morgan fingerprint density at radius 1 is 0.838 bits per heavy atom. The lowest BCUT2D eigenvalue weighted by Gasteiger charge is -2.34. The number of benzene rings is 4. The van der Waals surface area contributed by atoms with E-state index in [-0.39, 0.29) is 5.41 Å². The molecule has 0 amide bonds. The molecule has 0 bridgehead atoms. The maximum atomic E-state index is 6.90. The largest absolute Gasteiger partial charge is 0.456 e. The lowest BCUT2D eigenvalue weighted by Crippen LogP contribution is -2.20. The predicted octanol–water partition coefficient (Wildman–Crippen LogP) is 10.3. The number of nitrogens with zero attached hydrogens (tertiary/aromatic N) is 1. The van der Waals surface area contributed by atoms with E-state index in [1.807, 2.05) is 6.20 Å². The van der Waals surface area contributed by atoms with E-state index in [4.69, 9.17) is 9.72 Å². The van der Waals surface area contributed by atoms with E-state index in [2.05, 4.69) is 95.3 Å². The van der Waals surface area contributed by atoms with Crippen LogP contribution < -0.4 is 4.74 Å². The molecular weight excluding hydrogens is 450 g/mol. The zero-order valence-electron chi connectivity index (χ0n) is 22.6. The molecule has 0 N–H and O–H groups in total. The molecule has 1 aromatic heterocycles. The van der Waals surface area contributed by atoms with Gasteiger partial charge in [0.05, 0.1) is 11.1 Å². The van der Waals surface area contributed by atoms with Gasteiger partial charge in [-0.05, 0) is 93.1 Å². The first-order chi connectivity index (χ1) is 17.7. The van der Waals surface area contributed by atoms with E-state index >= 15 is 0 Å². The Morgan fingerprint density at radius 2 is 1.62 bits per heavy atom. The van der Waals surface area contributed by atoms with E-state index in [0.29, 0.717) is 11.3 Å². The van der Waals surface area contributed by atoms with E-state index in [9.17, 15) is 0 Å². The zero-order valence-corrected chi connectivity index (χ0v) is 22.6. The van der Waals surface area contributed by atoms with Crippen LogP contribution in [0.1, 0.15) is 77.3 Å². The molecule has 2 heterocycles. The van der Waals surface area contributed by atoms with Gasteiger partial charge in [0.25, 0.3) is 0 Å². The summed E-state index contributed by atoms with van der Waals surface area (Å²) in [5.41, 5.74) is 5.26. The molecule has 0 unspecified atom stereocenters. The van der Waals surface area contributed by atoms with Crippen molar-refractivity contribution >= 4 is 32.3 Å². The van der Waals surface area contributed by atoms with Crippen molar-refractivity contribution in [3.63, 3.8) is 0 Å². The lowest BCUT2D eigenvalue weighted by molar-refractivity contribution is 0.224. The number of aromatic nitrogens is 1. The fourth-order valence-corrected chi connectivity index (χ4v) is 6.83. The van der Waals surface area contributed by atoms with Crippen LogP contribution in [0.25, 0.3) is 43.6 Å². The minimum Gasteiger partial charge on any atom is -0.456 e. The molecule has 1 fully saturated rings. The smallest absolute Gasteiger partial charge is 0.141 e. The second-order valence-electron chi connectivity index (χ2n) is 13.1. The van der Waals surface area contributed by atoms with Gasteiger partial charge >= 0.3 is 0 Å². The van der Waals surface area contributed by atoms with Crippen molar-refractivity contribution in [3.05, 3.63) is 78.0 Å². The van der Waals surface area contributed by atoms with E-state index in [1.165, 1.54) is 63.7 Å². The molecule has 0 spiro atoms. The average Bonchev–Trinajstić information content (AvgIpc) is 2.86. The quantitative estimate of drug-likeness (QED) is 0.216. The van der Waals surface area contributed by atoms with Crippen LogP contribution in [0, 0.1) is 5.41 Å². The van der Waals surface area contributed by atoms with Crippen LogP contribution in [0.4, 0.5) is 0 Å². The molecule has 0 saturated heterocycles. The predicted molar refractivity (Wildman–Crippen MR) is 156 cm³/mol. The number of pyridine rings is 1. The molecule has 2 aliphatic rings. The third-order valence-corrected chi connectivity index (χ3v) is 8.88. The Morgan fingerprint density at radius 3 is 2.41 bits per heavy atom. The summed E-state index contributed by atoms with van der Waals surface area (Å²) >= 11 is 0. The maximum absolute atomic E-state index is 6.90. The molecule has 0 radical (unpaired) electrons. The Kier molecular flexibility index (Phi) is 4.81. The fraction of sp³-hybridized carbons (Fsp3) is 0.343. The molecule has 186 valence electrons. The summed E-state index contributed by atoms with van der Waals surface area (Å²) in [5.74, 6) is 2.54. The van der Waals surface area contributed by atoms with Crippen LogP contribution in [0.3, 0.4) is 0 Å². The van der Waals surface area contributed by atoms with Crippen molar-refractivity contribution in [1.29, 1.82) is 0 Å². The summed E-state index contributed by atoms with van der Waals surface area (Å²) in [7, 11) is 0. The van der Waals surface area contributed by atoms with Crippen molar-refractivity contribution in [2.75, 3.05) is 0 Å². The first kappa shape index (κ1) is 22.8. The van der Waals surface area contributed by atoms with Crippen LogP contribution in [0.5, 0.6) is 11.5 Å². The minimum absolute atomic E-state index is 0.0743. The monoisotopic (exact) mass is 485 g/mol. The molecule has 1 saturated carbocycles. The summed E-state index contributed by atoms with van der Waals surface area (Å²) in [6.07, 6.45) is 7.13. The Balaban J connectivity index is 1.45. The molecule has 37 heavy (non-hydrogen) atoms.